The van der Waals surface area contributed by atoms with Crippen LogP contribution in [0.3, 0.4) is 0 Å². The van der Waals surface area contributed by atoms with Gasteiger partial charge in [-0.1, -0.05) is 0 Å². The molecule has 1 aliphatic carbocycles. The van der Waals surface area contributed by atoms with Gasteiger partial charge in [0.2, 0.25) is 5.91 Å². The maximum Gasteiger partial charge on any atom is 0.404 e. The molecule has 86 valence electrons. The molecule has 15 heavy (non-hydrogen) atoms. The highest BCUT2D eigenvalue weighted by Crippen LogP contribution is 2.24. The summed E-state index contributed by atoms with van der Waals surface area (Å²) in [4.78, 5) is 26.3. The van der Waals surface area contributed by atoms with Crippen molar-refractivity contribution in [3.63, 3.8) is 0 Å². The Balaban J connectivity index is 2.29. The summed E-state index contributed by atoms with van der Waals surface area (Å²) in [5.41, 5.74) is 2.30. The lowest BCUT2D eigenvalue weighted by Crippen LogP contribution is -2.40. The van der Waals surface area contributed by atoms with Crippen molar-refractivity contribution in [3.05, 3.63) is 0 Å². The van der Waals surface area contributed by atoms with E-state index in [1.807, 2.05) is 0 Å². The summed E-state index contributed by atoms with van der Waals surface area (Å²) in [5, 5.41) is 10.9. The van der Waals surface area contributed by atoms with Crippen LogP contribution < -0.4 is 10.8 Å². The summed E-state index contributed by atoms with van der Waals surface area (Å²) in [6, 6.07) is -0.0194. The van der Waals surface area contributed by atoms with Crippen LogP contribution in [0.1, 0.15) is 25.7 Å². The molecule has 0 spiro atoms. The van der Waals surface area contributed by atoms with Crippen molar-refractivity contribution >= 4 is 12.0 Å². The maximum absolute atomic E-state index is 11.4. The molecule has 0 aliphatic heterocycles. The molecular weight excluding hydrogens is 200 g/mol. The third-order valence-electron chi connectivity index (χ3n) is 2.63. The zero-order valence-corrected chi connectivity index (χ0v) is 8.66. The molecule has 1 fully saturated rings. The molecule has 2 amide bonds. The van der Waals surface area contributed by atoms with Crippen LogP contribution in [-0.4, -0.2) is 30.3 Å². The molecule has 6 nitrogen and oxygen atoms in total. The zero-order chi connectivity index (χ0) is 11.3. The van der Waals surface area contributed by atoms with Gasteiger partial charge in [-0.05, 0) is 25.7 Å². The second-order valence-electron chi connectivity index (χ2n) is 3.67. The van der Waals surface area contributed by atoms with Crippen LogP contribution in [0.5, 0.6) is 0 Å². The summed E-state index contributed by atoms with van der Waals surface area (Å²) < 4.78 is 0. The molecule has 1 aliphatic rings. The molecule has 1 saturated carbocycles. The number of hydrogen-bond donors (Lipinski definition) is 3. The molecule has 0 saturated heterocycles. The van der Waals surface area contributed by atoms with E-state index in [0.717, 1.165) is 0 Å². The minimum Gasteiger partial charge on any atom is -0.465 e. The first-order chi connectivity index (χ1) is 7.13. The van der Waals surface area contributed by atoms with Gasteiger partial charge in [0.25, 0.3) is 0 Å². The highest BCUT2D eigenvalue weighted by Gasteiger charge is 2.26. The van der Waals surface area contributed by atoms with Crippen molar-refractivity contribution in [1.29, 1.82) is 0 Å². The molecule has 3 N–H and O–H groups in total. The van der Waals surface area contributed by atoms with Crippen molar-refractivity contribution in [1.82, 2.24) is 10.8 Å². The minimum atomic E-state index is -1.00. The van der Waals surface area contributed by atoms with Crippen LogP contribution in [-0.2, 0) is 9.63 Å². The molecule has 0 aromatic heterocycles. The van der Waals surface area contributed by atoms with Crippen LogP contribution in [0.25, 0.3) is 0 Å². The predicted octanol–water partition coefficient (Wildman–Crippen LogP) is 0.490. The van der Waals surface area contributed by atoms with Crippen LogP contribution in [0.15, 0.2) is 0 Å². The van der Waals surface area contributed by atoms with Gasteiger partial charge in [0.1, 0.15) is 0 Å². The lowest BCUT2D eigenvalue weighted by Gasteiger charge is -2.27. The third kappa shape index (κ3) is 3.75. The Kier molecular flexibility index (Phi) is 4.36. The minimum absolute atomic E-state index is 0.0194. The van der Waals surface area contributed by atoms with Gasteiger partial charge >= 0.3 is 6.09 Å². The number of hydroxylamine groups is 1. The van der Waals surface area contributed by atoms with E-state index in [0.29, 0.717) is 25.7 Å². The highest BCUT2D eigenvalue weighted by atomic mass is 16.6. The molecule has 0 unspecified atom stereocenters. The van der Waals surface area contributed by atoms with E-state index < -0.39 is 6.09 Å². The summed E-state index contributed by atoms with van der Waals surface area (Å²) in [5.74, 6) is -0.178. The monoisotopic (exact) mass is 216 g/mol. The number of hydrogen-bond acceptors (Lipinski definition) is 3. The number of carbonyl (C=O) groups is 2. The summed E-state index contributed by atoms with van der Waals surface area (Å²) in [6.45, 7) is 0. The number of carboxylic acid groups (broad SMARTS) is 1. The quantitative estimate of drug-likeness (QED) is 0.599. The average Bonchev–Trinajstić information content (AvgIpc) is 2.18. The number of rotatable bonds is 3. The van der Waals surface area contributed by atoms with Crippen molar-refractivity contribution < 1.29 is 19.5 Å². The van der Waals surface area contributed by atoms with E-state index in [1.54, 1.807) is 0 Å². The Morgan fingerprint density at radius 2 is 1.87 bits per heavy atom. The first kappa shape index (κ1) is 11.8. The molecule has 0 atom stereocenters. The molecule has 6 heteroatoms. The van der Waals surface area contributed by atoms with Crippen LogP contribution in [0.2, 0.25) is 0 Å². The van der Waals surface area contributed by atoms with Gasteiger partial charge in [0.15, 0.2) is 0 Å². The van der Waals surface area contributed by atoms with E-state index >= 15 is 0 Å². The zero-order valence-electron chi connectivity index (χ0n) is 8.66. The Labute approximate surface area is 87.9 Å². The molecular formula is C9H16N2O4. The van der Waals surface area contributed by atoms with Crippen LogP contribution >= 0.6 is 0 Å². The summed E-state index contributed by atoms with van der Waals surface area (Å²) in [7, 11) is 1.40. The summed E-state index contributed by atoms with van der Waals surface area (Å²) in [6.07, 6.45) is 1.79. The fourth-order valence-electron chi connectivity index (χ4n) is 1.86. The first-order valence-corrected chi connectivity index (χ1v) is 4.95. The molecule has 0 radical (unpaired) electrons. The lowest BCUT2D eigenvalue weighted by atomic mass is 9.86. The fourth-order valence-corrected chi connectivity index (χ4v) is 1.86. The Morgan fingerprint density at radius 1 is 1.27 bits per heavy atom. The highest BCUT2D eigenvalue weighted by molar-refractivity contribution is 5.77. The van der Waals surface area contributed by atoms with Gasteiger partial charge < -0.3 is 10.4 Å². The van der Waals surface area contributed by atoms with Crippen molar-refractivity contribution in [3.8, 4) is 0 Å². The molecule has 0 aromatic carbocycles. The second kappa shape index (κ2) is 5.55. The van der Waals surface area contributed by atoms with Crippen LogP contribution in [0, 0.1) is 5.92 Å². The van der Waals surface area contributed by atoms with Crippen LogP contribution in [0.4, 0.5) is 4.79 Å². The number of amides is 2. The first-order valence-electron chi connectivity index (χ1n) is 4.95. The number of nitrogens with one attached hydrogen (secondary N) is 2. The molecule has 0 bridgehead atoms. The predicted molar refractivity (Wildman–Crippen MR) is 52.1 cm³/mol. The number of carbonyl (C=O) groups excluding carboxylic acids is 1. The van der Waals surface area contributed by atoms with E-state index in [9.17, 15) is 9.59 Å². The van der Waals surface area contributed by atoms with E-state index in [1.165, 1.54) is 7.11 Å². The van der Waals surface area contributed by atoms with Gasteiger partial charge in [-0.25, -0.2) is 10.3 Å². The van der Waals surface area contributed by atoms with Gasteiger partial charge in [0, 0.05) is 12.0 Å². The van der Waals surface area contributed by atoms with Crippen molar-refractivity contribution in [2.24, 2.45) is 5.92 Å². The fraction of sp³-hybridized carbons (Fsp3) is 0.778. The van der Waals surface area contributed by atoms with Gasteiger partial charge in [-0.3, -0.25) is 9.63 Å². The smallest absolute Gasteiger partial charge is 0.404 e. The van der Waals surface area contributed by atoms with Gasteiger partial charge in [-0.2, -0.15) is 0 Å². The Morgan fingerprint density at radius 3 is 2.33 bits per heavy atom. The van der Waals surface area contributed by atoms with E-state index in [-0.39, 0.29) is 17.9 Å². The summed E-state index contributed by atoms with van der Waals surface area (Å²) >= 11 is 0. The SMILES string of the molecule is CONC(=O)[C@H]1CC[C@H](NC(=O)O)CC1. The Hall–Kier alpha value is -1.30. The lowest BCUT2D eigenvalue weighted by molar-refractivity contribution is -0.136. The van der Waals surface area contributed by atoms with Crippen molar-refractivity contribution in [2.45, 2.75) is 31.7 Å². The normalized spacial score (nSPS) is 25.7. The van der Waals surface area contributed by atoms with E-state index in [2.05, 4.69) is 15.6 Å². The third-order valence-corrected chi connectivity index (χ3v) is 2.63. The van der Waals surface area contributed by atoms with Crippen molar-refractivity contribution in [2.75, 3.05) is 7.11 Å². The topological polar surface area (TPSA) is 87.7 Å². The maximum atomic E-state index is 11.4. The van der Waals surface area contributed by atoms with Gasteiger partial charge in [-0.15, -0.1) is 0 Å². The molecule has 1 rings (SSSR count). The average molecular weight is 216 g/mol. The molecule has 0 heterocycles. The van der Waals surface area contributed by atoms with E-state index in [4.69, 9.17) is 5.11 Å². The largest absolute Gasteiger partial charge is 0.465 e. The Bertz CT molecular complexity index is 236. The standard InChI is InChI=1S/C9H16N2O4/c1-15-11-8(12)6-2-4-7(5-3-6)10-9(13)14/h6-7,10H,2-5H2,1H3,(H,11,12)(H,13,14)/t6-,7-. The van der Waals surface area contributed by atoms with Gasteiger partial charge in [0.05, 0.1) is 7.11 Å². The second-order valence-corrected chi connectivity index (χ2v) is 3.67. The molecule has 0 aromatic rings.